The molecular weight excluding hydrogens is 306 g/mol. The van der Waals surface area contributed by atoms with Crippen molar-refractivity contribution in [3.05, 3.63) is 51.9 Å². The Kier molecular flexibility index (Phi) is 5.34. The summed E-state index contributed by atoms with van der Waals surface area (Å²) in [7, 11) is 1.94. The van der Waals surface area contributed by atoms with Gasteiger partial charge in [0.1, 0.15) is 17.6 Å². The molecule has 0 saturated heterocycles. The lowest BCUT2D eigenvalue weighted by Crippen LogP contribution is -3.08. The summed E-state index contributed by atoms with van der Waals surface area (Å²) in [5.74, 6) is -0.103. The minimum Gasteiger partial charge on any atom is -0.326 e. The summed E-state index contributed by atoms with van der Waals surface area (Å²) < 4.78 is 0. The molecule has 0 spiro atoms. The quantitative estimate of drug-likeness (QED) is 0.884. The first kappa shape index (κ1) is 15.5. The number of benzene rings is 1. The predicted octanol–water partition coefficient (Wildman–Crippen LogP) is 1.93. The van der Waals surface area contributed by atoms with Gasteiger partial charge in [-0.15, -0.1) is 11.3 Å². The third-order valence-electron chi connectivity index (χ3n) is 2.90. The van der Waals surface area contributed by atoms with Crippen molar-refractivity contribution in [2.24, 2.45) is 0 Å². The van der Waals surface area contributed by atoms with E-state index in [0.717, 1.165) is 10.5 Å². The number of halogens is 1. The van der Waals surface area contributed by atoms with Crippen LogP contribution in [0.1, 0.15) is 11.1 Å². The smallest absolute Gasteiger partial charge is 0.280 e. The summed E-state index contributed by atoms with van der Waals surface area (Å²) >= 11 is 7.30. The molecule has 21 heavy (non-hydrogen) atoms. The second-order valence-corrected chi connectivity index (χ2v) is 6.12. The number of quaternary nitrogens is 1. The molecule has 1 amide bonds. The van der Waals surface area contributed by atoms with E-state index < -0.39 is 0 Å². The number of thiophene rings is 1. The van der Waals surface area contributed by atoms with E-state index in [1.165, 1.54) is 11.3 Å². The standard InChI is InChI=1S/C15H14ClN3OS/c1-19(9-11-3-2-4-13(16)7-11)10-14(20)18-15-12(8-17)5-6-21-15/h2-7H,9-10H2,1H3,(H,18,20)/p+1. The average molecular weight is 321 g/mol. The van der Waals surface area contributed by atoms with Gasteiger partial charge in [-0.05, 0) is 23.6 Å². The molecule has 0 saturated carbocycles. The molecule has 1 atom stereocenters. The summed E-state index contributed by atoms with van der Waals surface area (Å²) in [5.41, 5.74) is 1.59. The highest BCUT2D eigenvalue weighted by atomic mass is 35.5. The van der Waals surface area contributed by atoms with Gasteiger partial charge >= 0.3 is 0 Å². The van der Waals surface area contributed by atoms with Crippen LogP contribution in [0.15, 0.2) is 35.7 Å². The first-order valence-electron chi connectivity index (χ1n) is 6.41. The Bertz CT molecular complexity index is 678. The molecule has 1 heterocycles. The SMILES string of the molecule is C[NH+](CC(=O)Nc1sccc1C#N)Cc1cccc(Cl)c1. The van der Waals surface area contributed by atoms with Gasteiger partial charge in [0, 0.05) is 10.6 Å². The molecule has 0 fully saturated rings. The Labute approximate surface area is 132 Å². The minimum atomic E-state index is -0.103. The van der Waals surface area contributed by atoms with E-state index in [-0.39, 0.29) is 5.91 Å². The van der Waals surface area contributed by atoms with Crippen molar-refractivity contribution in [3.8, 4) is 6.07 Å². The highest BCUT2D eigenvalue weighted by Gasteiger charge is 2.13. The highest BCUT2D eigenvalue weighted by Crippen LogP contribution is 2.21. The fraction of sp³-hybridized carbons (Fsp3) is 0.200. The van der Waals surface area contributed by atoms with E-state index in [1.807, 2.05) is 31.3 Å². The lowest BCUT2D eigenvalue weighted by molar-refractivity contribution is -0.885. The summed E-state index contributed by atoms with van der Waals surface area (Å²) in [6, 6.07) is 11.4. The third kappa shape index (κ3) is 4.57. The van der Waals surface area contributed by atoms with Gasteiger partial charge in [-0.1, -0.05) is 23.7 Å². The summed E-state index contributed by atoms with van der Waals surface area (Å²) in [5, 5.41) is 14.8. The molecule has 2 rings (SSSR count). The number of nitrogens with zero attached hydrogens (tertiary/aromatic N) is 1. The molecule has 0 radical (unpaired) electrons. The maximum absolute atomic E-state index is 12.0. The number of nitrogens with one attached hydrogen (secondary N) is 2. The minimum absolute atomic E-state index is 0.103. The van der Waals surface area contributed by atoms with Gasteiger partial charge in [0.25, 0.3) is 5.91 Å². The zero-order valence-corrected chi connectivity index (χ0v) is 13.1. The molecule has 0 aliphatic heterocycles. The maximum atomic E-state index is 12.0. The van der Waals surface area contributed by atoms with Gasteiger partial charge in [-0.2, -0.15) is 5.26 Å². The molecule has 0 aliphatic rings. The van der Waals surface area contributed by atoms with Crippen LogP contribution in [0.5, 0.6) is 0 Å². The lowest BCUT2D eigenvalue weighted by Gasteiger charge is -2.13. The third-order valence-corrected chi connectivity index (χ3v) is 3.96. The van der Waals surface area contributed by atoms with E-state index in [9.17, 15) is 4.79 Å². The average Bonchev–Trinajstić information content (AvgIpc) is 2.85. The monoisotopic (exact) mass is 320 g/mol. The topological polar surface area (TPSA) is 57.3 Å². The van der Waals surface area contributed by atoms with Crippen LogP contribution in [0.25, 0.3) is 0 Å². The van der Waals surface area contributed by atoms with Gasteiger partial charge in [-0.3, -0.25) is 4.79 Å². The Morgan fingerprint density at radius 2 is 2.29 bits per heavy atom. The molecule has 2 N–H and O–H groups in total. The van der Waals surface area contributed by atoms with Crippen LogP contribution < -0.4 is 10.2 Å². The number of hydrogen-bond acceptors (Lipinski definition) is 3. The van der Waals surface area contributed by atoms with Crippen molar-refractivity contribution < 1.29 is 9.69 Å². The van der Waals surface area contributed by atoms with Gasteiger partial charge < -0.3 is 10.2 Å². The molecule has 108 valence electrons. The van der Waals surface area contributed by atoms with E-state index in [1.54, 1.807) is 11.4 Å². The zero-order valence-electron chi connectivity index (χ0n) is 11.5. The predicted molar refractivity (Wildman–Crippen MR) is 84.6 cm³/mol. The molecule has 1 unspecified atom stereocenters. The first-order chi connectivity index (χ1) is 10.1. The van der Waals surface area contributed by atoms with Crippen molar-refractivity contribution in [1.29, 1.82) is 5.26 Å². The largest absolute Gasteiger partial charge is 0.326 e. The number of anilines is 1. The molecular formula is C15H15ClN3OS+. The Morgan fingerprint density at radius 3 is 3.00 bits per heavy atom. The number of amides is 1. The van der Waals surface area contributed by atoms with E-state index >= 15 is 0 Å². The van der Waals surface area contributed by atoms with Crippen LogP contribution in [0.4, 0.5) is 5.00 Å². The molecule has 1 aromatic heterocycles. The Balaban J connectivity index is 1.89. The number of likely N-dealkylation sites (N-methyl/N-ethyl adjacent to an activating group) is 1. The van der Waals surface area contributed by atoms with Crippen molar-refractivity contribution >= 4 is 33.8 Å². The number of nitriles is 1. The number of carbonyl (C=O) groups excluding carboxylic acids is 1. The number of carbonyl (C=O) groups is 1. The van der Waals surface area contributed by atoms with Crippen molar-refractivity contribution in [2.75, 3.05) is 18.9 Å². The van der Waals surface area contributed by atoms with Crippen molar-refractivity contribution in [2.45, 2.75) is 6.54 Å². The van der Waals surface area contributed by atoms with Crippen LogP contribution in [-0.4, -0.2) is 19.5 Å². The Hall–Kier alpha value is -1.87. The van der Waals surface area contributed by atoms with Crippen LogP contribution in [-0.2, 0) is 11.3 Å². The molecule has 0 aliphatic carbocycles. The second kappa shape index (κ2) is 7.23. The van der Waals surface area contributed by atoms with Gasteiger partial charge in [-0.25, -0.2) is 0 Å². The van der Waals surface area contributed by atoms with Crippen molar-refractivity contribution in [1.82, 2.24) is 0 Å². The molecule has 0 bridgehead atoms. The van der Waals surface area contributed by atoms with Crippen LogP contribution in [0.2, 0.25) is 5.02 Å². The second-order valence-electron chi connectivity index (χ2n) is 4.76. The van der Waals surface area contributed by atoms with E-state index in [0.29, 0.717) is 28.7 Å². The summed E-state index contributed by atoms with van der Waals surface area (Å²) in [6.07, 6.45) is 0. The normalized spacial score (nSPS) is 11.7. The van der Waals surface area contributed by atoms with Crippen LogP contribution >= 0.6 is 22.9 Å². The highest BCUT2D eigenvalue weighted by molar-refractivity contribution is 7.14. The van der Waals surface area contributed by atoms with Gasteiger partial charge in [0.15, 0.2) is 6.54 Å². The number of rotatable bonds is 5. The summed E-state index contributed by atoms with van der Waals surface area (Å²) in [4.78, 5) is 13.0. The first-order valence-corrected chi connectivity index (χ1v) is 7.67. The van der Waals surface area contributed by atoms with E-state index in [4.69, 9.17) is 16.9 Å². The fourth-order valence-electron chi connectivity index (χ4n) is 2.00. The molecule has 6 heteroatoms. The number of hydrogen-bond donors (Lipinski definition) is 2. The molecule has 4 nitrogen and oxygen atoms in total. The molecule has 1 aromatic carbocycles. The van der Waals surface area contributed by atoms with E-state index in [2.05, 4.69) is 11.4 Å². The summed E-state index contributed by atoms with van der Waals surface area (Å²) in [6.45, 7) is 1.04. The van der Waals surface area contributed by atoms with Gasteiger partial charge in [0.2, 0.25) is 0 Å². The lowest BCUT2D eigenvalue weighted by atomic mass is 10.2. The van der Waals surface area contributed by atoms with Crippen molar-refractivity contribution in [3.63, 3.8) is 0 Å². The van der Waals surface area contributed by atoms with Crippen LogP contribution in [0, 0.1) is 11.3 Å². The zero-order chi connectivity index (χ0) is 15.2. The maximum Gasteiger partial charge on any atom is 0.280 e. The Morgan fingerprint density at radius 1 is 1.48 bits per heavy atom. The van der Waals surface area contributed by atoms with Gasteiger partial charge in [0.05, 0.1) is 12.6 Å². The van der Waals surface area contributed by atoms with Crippen LogP contribution in [0.3, 0.4) is 0 Å². The molecule has 2 aromatic rings. The fourth-order valence-corrected chi connectivity index (χ4v) is 2.96.